The summed E-state index contributed by atoms with van der Waals surface area (Å²) < 4.78 is 95.5. The van der Waals surface area contributed by atoms with Gasteiger partial charge in [0.2, 0.25) is 5.95 Å². The van der Waals surface area contributed by atoms with Gasteiger partial charge in [-0.1, -0.05) is 11.6 Å². The maximum Gasteiger partial charge on any atom is 0.421 e. The monoisotopic (exact) mass is 387 g/mol. The van der Waals surface area contributed by atoms with E-state index in [0.717, 1.165) is 12.1 Å². The fourth-order valence-corrected chi connectivity index (χ4v) is 3.20. The Bertz CT molecular complexity index is 823. The zero-order chi connectivity index (χ0) is 18.7. The van der Waals surface area contributed by atoms with E-state index < -0.39 is 65.3 Å². The molecule has 0 spiro atoms. The molecule has 0 saturated carbocycles. The van der Waals surface area contributed by atoms with Crippen molar-refractivity contribution in [1.29, 1.82) is 0 Å². The minimum atomic E-state index is -5.33. The number of rotatable bonds is 1. The minimum Gasteiger partial charge on any atom is -0.382 e. The summed E-state index contributed by atoms with van der Waals surface area (Å²) in [6.07, 6.45) is -9.77. The molecular weight excluding hydrogens is 379 g/mol. The van der Waals surface area contributed by atoms with Crippen LogP contribution in [0.5, 0.6) is 0 Å². The van der Waals surface area contributed by atoms with E-state index in [1.807, 2.05) is 0 Å². The summed E-state index contributed by atoms with van der Waals surface area (Å²) in [6, 6.07) is 2.56. The molecule has 3 rings (SSSR count). The molecule has 0 amide bonds. The standard InChI is InChI=1S/C15H9ClF7NO/c16-6-3-7(17)5-8(4-6)24-9-1-2-14(19,20)12(25)10(9)11(13(24)18)15(21,22)23/h3-5,12,25H,1-2H2. The van der Waals surface area contributed by atoms with Crippen LogP contribution in [0.2, 0.25) is 5.02 Å². The summed E-state index contributed by atoms with van der Waals surface area (Å²) in [7, 11) is 0. The molecule has 2 aromatic rings. The second kappa shape index (κ2) is 5.63. The maximum atomic E-state index is 14.5. The molecule has 0 radical (unpaired) electrons. The highest BCUT2D eigenvalue weighted by Gasteiger charge is 2.52. The number of hydrogen-bond acceptors (Lipinski definition) is 1. The van der Waals surface area contributed by atoms with Crippen molar-refractivity contribution < 1.29 is 35.8 Å². The van der Waals surface area contributed by atoms with Crippen LogP contribution in [0.3, 0.4) is 0 Å². The summed E-state index contributed by atoms with van der Waals surface area (Å²) in [5.41, 5.74) is -4.12. The molecule has 1 unspecified atom stereocenters. The van der Waals surface area contributed by atoms with Crippen LogP contribution in [0, 0.1) is 11.8 Å². The van der Waals surface area contributed by atoms with Crippen molar-refractivity contribution in [2.24, 2.45) is 0 Å². The first-order valence-electron chi connectivity index (χ1n) is 6.96. The van der Waals surface area contributed by atoms with Crippen molar-refractivity contribution in [2.45, 2.75) is 31.0 Å². The van der Waals surface area contributed by atoms with E-state index in [0.29, 0.717) is 10.6 Å². The SMILES string of the molecule is OC1c2c(C(F)(F)F)c(F)n(-c3cc(F)cc(Cl)c3)c2CCC1(F)F. The van der Waals surface area contributed by atoms with Gasteiger partial charge in [-0.05, 0) is 24.6 Å². The minimum absolute atomic E-state index is 0.216. The van der Waals surface area contributed by atoms with Crippen molar-refractivity contribution in [1.82, 2.24) is 4.57 Å². The first kappa shape index (κ1) is 18.1. The highest BCUT2D eigenvalue weighted by atomic mass is 35.5. The predicted molar refractivity (Wildman–Crippen MR) is 73.9 cm³/mol. The zero-order valence-electron chi connectivity index (χ0n) is 12.1. The van der Waals surface area contributed by atoms with E-state index >= 15 is 0 Å². The van der Waals surface area contributed by atoms with Gasteiger partial charge < -0.3 is 5.11 Å². The summed E-state index contributed by atoms with van der Waals surface area (Å²) in [5.74, 6) is -6.69. The van der Waals surface area contributed by atoms with Crippen molar-refractivity contribution in [3.8, 4) is 5.69 Å². The Morgan fingerprint density at radius 3 is 2.36 bits per heavy atom. The largest absolute Gasteiger partial charge is 0.421 e. The molecule has 1 N–H and O–H groups in total. The molecule has 2 nitrogen and oxygen atoms in total. The number of nitrogens with zero attached hydrogens (tertiary/aromatic N) is 1. The Kier molecular flexibility index (Phi) is 4.07. The lowest BCUT2D eigenvalue weighted by Crippen LogP contribution is -2.33. The molecule has 0 saturated heterocycles. The number of aromatic nitrogens is 1. The van der Waals surface area contributed by atoms with Gasteiger partial charge in [-0.3, -0.25) is 4.57 Å². The molecule has 25 heavy (non-hydrogen) atoms. The van der Waals surface area contributed by atoms with Crippen LogP contribution in [0.1, 0.15) is 29.3 Å². The van der Waals surface area contributed by atoms with Crippen LogP contribution >= 0.6 is 11.6 Å². The second-order valence-corrected chi connectivity index (χ2v) is 6.09. The lowest BCUT2D eigenvalue weighted by atomic mass is 9.89. The molecule has 1 atom stereocenters. The summed E-state index contributed by atoms with van der Waals surface area (Å²) in [6.45, 7) is 0. The zero-order valence-corrected chi connectivity index (χ0v) is 12.9. The Morgan fingerprint density at radius 1 is 1.16 bits per heavy atom. The molecule has 1 aromatic heterocycles. The molecule has 1 heterocycles. The van der Waals surface area contributed by atoms with Gasteiger partial charge in [0, 0.05) is 22.7 Å². The van der Waals surface area contributed by atoms with Gasteiger partial charge in [-0.2, -0.15) is 17.6 Å². The van der Waals surface area contributed by atoms with Crippen molar-refractivity contribution in [3.05, 3.63) is 51.8 Å². The van der Waals surface area contributed by atoms with Crippen molar-refractivity contribution in [2.75, 3.05) is 0 Å². The smallest absolute Gasteiger partial charge is 0.382 e. The molecule has 1 aliphatic rings. The lowest BCUT2D eigenvalue weighted by Gasteiger charge is -2.29. The number of aliphatic hydroxyl groups excluding tert-OH is 1. The fraction of sp³-hybridized carbons (Fsp3) is 0.333. The Hall–Kier alpha value is -1.74. The highest BCUT2D eigenvalue weighted by Crippen LogP contribution is 2.49. The van der Waals surface area contributed by atoms with Crippen LogP contribution in [0.4, 0.5) is 30.7 Å². The summed E-state index contributed by atoms with van der Waals surface area (Å²) in [5, 5.41) is 9.48. The third kappa shape index (κ3) is 2.89. The first-order chi connectivity index (χ1) is 11.4. The normalized spacial score (nSPS) is 19.8. The number of alkyl halides is 5. The van der Waals surface area contributed by atoms with E-state index in [4.69, 9.17) is 11.6 Å². The molecule has 0 bridgehead atoms. The quantitative estimate of drug-likeness (QED) is 0.681. The molecule has 0 aliphatic heterocycles. The number of benzene rings is 1. The third-order valence-corrected chi connectivity index (χ3v) is 4.23. The number of fused-ring (bicyclic) bond motifs is 1. The molecule has 10 heteroatoms. The Balaban J connectivity index is 2.36. The molecule has 0 fully saturated rings. The second-order valence-electron chi connectivity index (χ2n) is 5.65. The van der Waals surface area contributed by atoms with Crippen LogP contribution in [-0.4, -0.2) is 15.6 Å². The number of halogens is 8. The summed E-state index contributed by atoms with van der Waals surface area (Å²) in [4.78, 5) is 0. The molecule has 1 aliphatic carbocycles. The van der Waals surface area contributed by atoms with Gasteiger partial charge in [-0.15, -0.1) is 0 Å². The molecule has 1 aromatic carbocycles. The third-order valence-electron chi connectivity index (χ3n) is 4.01. The highest BCUT2D eigenvalue weighted by molar-refractivity contribution is 6.30. The lowest BCUT2D eigenvalue weighted by molar-refractivity contribution is -0.149. The average molecular weight is 388 g/mol. The first-order valence-corrected chi connectivity index (χ1v) is 7.34. The fourth-order valence-electron chi connectivity index (χ4n) is 2.99. The maximum absolute atomic E-state index is 14.5. The van der Waals surface area contributed by atoms with Crippen LogP contribution < -0.4 is 0 Å². The Labute approximate surface area is 141 Å². The van der Waals surface area contributed by atoms with Crippen LogP contribution in [0.15, 0.2) is 18.2 Å². The van der Waals surface area contributed by atoms with Gasteiger partial charge in [-0.25, -0.2) is 13.2 Å². The predicted octanol–water partition coefficient (Wildman–Crippen LogP) is 5.04. The number of aliphatic hydroxyl groups is 1. The van der Waals surface area contributed by atoms with Crippen molar-refractivity contribution >= 4 is 11.6 Å². The topological polar surface area (TPSA) is 25.2 Å². The number of hydrogen-bond donors (Lipinski definition) is 1. The van der Waals surface area contributed by atoms with E-state index in [-0.39, 0.29) is 5.02 Å². The van der Waals surface area contributed by atoms with Gasteiger partial charge >= 0.3 is 6.18 Å². The van der Waals surface area contributed by atoms with Gasteiger partial charge in [0.05, 0.1) is 5.69 Å². The average Bonchev–Trinajstić information content (AvgIpc) is 2.75. The van der Waals surface area contributed by atoms with Crippen LogP contribution in [0.25, 0.3) is 5.69 Å². The van der Waals surface area contributed by atoms with Gasteiger partial charge in [0.1, 0.15) is 17.5 Å². The molecular formula is C15H9ClF7NO. The summed E-state index contributed by atoms with van der Waals surface area (Å²) >= 11 is 5.64. The van der Waals surface area contributed by atoms with Gasteiger partial charge in [0.25, 0.3) is 5.92 Å². The van der Waals surface area contributed by atoms with E-state index in [1.54, 1.807) is 0 Å². The van der Waals surface area contributed by atoms with E-state index in [2.05, 4.69) is 0 Å². The van der Waals surface area contributed by atoms with Gasteiger partial charge in [0.15, 0.2) is 0 Å². The van der Waals surface area contributed by atoms with E-state index in [1.165, 1.54) is 0 Å². The van der Waals surface area contributed by atoms with E-state index in [9.17, 15) is 35.8 Å². The van der Waals surface area contributed by atoms with Crippen LogP contribution in [-0.2, 0) is 12.6 Å². The Morgan fingerprint density at radius 2 is 1.80 bits per heavy atom. The molecule has 136 valence electrons. The van der Waals surface area contributed by atoms with Crippen molar-refractivity contribution in [3.63, 3.8) is 0 Å².